The third kappa shape index (κ3) is 5.66. The summed E-state index contributed by atoms with van der Waals surface area (Å²) in [7, 11) is -4.09. The first-order chi connectivity index (χ1) is 16.5. The Kier molecular flexibility index (Phi) is 6.59. The summed E-state index contributed by atoms with van der Waals surface area (Å²) in [4.78, 5) is 11.4. The number of nitrogens with two attached hydrogens (primary N) is 1. The Morgan fingerprint density at radius 2 is 1.49 bits per heavy atom. The standard InChI is InChI=1S/C23H19F3N2O6S/c24-23(25,26)34-18-7-5-16(6-8-18)32-17-9-11-19(12-10-17)35(30,31)28-14-13-15-3-1-2-4-20(15)21(28)33-22(27)29/h1-12,21H,13-14H2,(H2,27,29). The summed E-state index contributed by atoms with van der Waals surface area (Å²) in [6, 6.07) is 17.2. The fraction of sp³-hybridized carbons (Fsp3) is 0.174. The van der Waals surface area contributed by atoms with Gasteiger partial charge in [-0.25, -0.2) is 13.2 Å². The number of alkyl halides is 3. The van der Waals surface area contributed by atoms with Crippen LogP contribution in [0.25, 0.3) is 0 Å². The highest BCUT2D eigenvalue weighted by Crippen LogP contribution is 2.35. The molecule has 4 rings (SSSR count). The Morgan fingerprint density at radius 1 is 0.914 bits per heavy atom. The summed E-state index contributed by atoms with van der Waals surface area (Å²) in [5.74, 6) is 0.0715. The van der Waals surface area contributed by atoms with Crippen LogP contribution in [0, 0.1) is 0 Å². The van der Waals surface area contributed by atoms with Crippen LogP contribution in [0.1, 0.15) is 17.4 Å². The molecule has 0 bridgehead atoms. The summed E-state index contributed by atoms with van der Waals surface area (Å²) < 4.78 is 79.2. The lowest BCUT2D eigenvalue weighted by Gasteiger charge is -2.35. The first kappa shape index (κ1) is 24.4. The number of hydrogen-bond donors (Lipinski definition) is 1. The van der Waals surface area contributed by atoms with Gasteiger partial charge < -0.3 is 19.9 Å². The third-order valence-electron chi connectivity index (χ3n) is 5.14. The predicted octanol–water partition coefficient (Wildman–Crippen LogP) is 4.72. The van der Waals surface area contributed by atoms with Crippen LogP contribution in [0.4, 0.5) is 18.0 Å². The van der Waals surface area contributed by atoms with Gasteiger partial charge in [-0.05, 0) is 60.5 Å². The van der Waals surface area contributed by atoms with Crippen LogP contribution in [0.5, 0.6) is 17.2 Å². The summed E-state index contributed by atoms with van der Waals surface area (Å²) in [5.41, 5.74) is 6.57. The van der Waals surface area contributed by atoms with E-state index in [2.05, 4.69) is 4.74 Å². The number of ether oxygens (including phenoxy) is 3. The Bertz CT molecular complexity index is 1310. The normalized spacial score (nSPS) is 16.3. The second-order valence-electron chi connectivity index (χ2n) is 7.45. The Labute approximate surface area is 198 Å². The van der Waals surface area contributed by atoms with Gasteiger partial charge in [0.2, 0.25) is 10.0 Å². The van der Waals surface area contributed by atoms with E-state index in [9.17, 15) is 26.4 Å². The largest absolute Gasteiger partial charge is 0.573 e. The van der Waals surface area contributed by atoms with E-state index in [1.807, 2.05) is 6.07 Å². The topological polar surface area (TPSA) is 108 Å². The van der Waals surface area contributed by atoms with Crippen molar-refractivity contribution in [1.29, 1.82) is 0 Å². The van der Waals surface area contributed by atoms with Crippen LogP contribution in [-0.2, 0) is 21.2 Å². The first-order valence-corrected chi connectivity index (χ1v) is 11.7. The van der Waals surface area contributed by atoms with E-state index < -0.39 is 34.5 Å². The van der Waals surface area contributed by atoms with Crippen LogP contribution in [0.3, 0.4) is 0 Å². The maximum atomic E-state index is 13.4. The van der Waals surface area contributed by atoms with Gasteiger partial charge in [0.1, 0.15) is 17.2 Å². The van der Waals surface area contributed by atoms with E-state index in [1.165, 1.54) is 36.4 Å². The molecule has 0 radical (unpaired) electrons. The molecule has 12 heteroatoms. The number of sulfonamides is 1. The van der Waals surface area contributed by atoms with Gasteiger partial charge in [0.05, 0.1) is 4.90 Å². The Morgan fingerprint density at radius 3 is 2.09 bits per heavy atom. The van der Waals surface area contributed by atoms with E-state index >= 15 is 0 Å². The predicted molar refractivity (Wildman–Crippen MR) is 117 cm³/mol. The second-order valence-corrected chi connectivity index (χ2v) is 9.34. The fourth-order valence-electron chi connectivity index (χ4n) is 3.64. The molecule has 2 N–H and O–H groups in total. The SMILES string of the molecule is NC(=O)OC1c2ccccc2CCN1S(=O)(=O)c1ccc(Oc2ccc(OC(F)(F)F)cc2)cc1. The van der Waals surface area contributed by atoms with Gasteiger partial charge in [0.15, 0.2) is 6.23 Å². The zero-order valence-corrected chi connectivity index (χ0v) is 18.8. The van der Waals surface area contributed by atoms with E-state index in [0.717, 1.165) is 22.0 Å². The summed E-state index contributed by atoms with van der Waals surface area (Å²) >= 11 is 0. The number of benzene rings is 3. The molecule has 1 atom stereocenters. The minimum Gasteiger partial charge on any atom is -0.457 e. The minimum absolute atomic E-state index is 0.0713. The van der Waals surface area contributed by atoms with Gasteiger partial charge in [0, 0.05) is 12.1 Å². The van der Waals surface area contributed by atoms with Crippen molar-refractivity contribution < 1.29 is 40.6 Å². The van der Waals surface area contributed by atoms with Crippen molar-refractivity contribution in [2.24, 2.45) is 5.73 Å². The number of halogens is 3. The van der Waals surface area contributed by atoms with Crippen molar-refractivity contribution in [2.75, 3.05) is 6.54 Å². The molecule has 184 valence electrons. The van der Waals surface area contributed by atoms with Gasteiger partial charge >= 0.3 is 12.5 Å². The summed E-state index contributed by atoms with van der Waals surface area (Å²) in [5, 5.41) is 0. The Balaban J connectivity index is 1.52. The quantitative estimate of drug-likeness (QED) is 0.516. The highest BCUT2D eigenvalue weighted by molar-refractivity contribution is 7.89. The second kappa shape index (κ2) is 9.47. The molecule has 0 spiro atoms. The molecule has 0 fully saturated rings. The van der Waals surface area contributed by atoms with Crippen molar-refractivity contribution in [2.45, 2.75) is 23.9 Å². The number of rotatable bonds is 6. The minimum atomic E-state index is -4.80. The molecule has 1 aliphatic heterocycles. The number of carbonyl (C=O) groups is 1. The smallest absolute Gasteiger partial charge is 0.457 e. The van der Waals surface area contributed by atoms with Crippen LogP contribution in [0.2, 0.25) is 0 Å². The lowest BCUT2D eigenvalue weighted by atomic mass is 10.00. The lowest BCUT2D eigenvalue weighted by Crippen LogP contribution is -2.42. The molecule has 1 heterocycles. The van der Waals surface area contributed by atoms with Crippen molar-refractivity contribution in [3.63, 3.8) is 0 Å². The molecule has 1 amide bonds. The van der Waals surface area contributed by atoms with Crippen molar-refractivity contribution >= 4 is 16.1 Å². The van der Waals surface area contributed by atoms with Gasteiger partial charge in [0.25, 0.3) is 0 Å². The van der Waals surface area contributed by atoms with Crippen LogP contribution in [-0.4, -0.2) is 31.7 Å². The molecular weight excluding hydrogens is 489 g/mol. The number of carbonyl (C=O) groups excluding carboxylic acids is 1. The van der Waals surface area contributed by atoms with Crippen LogP contribution < -0.4 is 15.2 Å². The first-order valence-electron chi connectivity index (χ1n) is 10.2. The van der Waals surface area contributed by atoms with E-state index in [1.54, 1.807) is 18.2 Å². The number of primary amides is 1. The van der Waals surface area contributed by atoms with Crippen molar-refractivity contribution in [1.82, 2.24) is 4.31 Å². The molecule has 0 aliphatic carbocycles. The summed E-state index contributed by atoms with van der Waals surface area (Å²) in [6.07, 6.45) is -6.71. The van der Waals surface area contributed by atoms with Gasteiger partial charge in [-0.1, -0.05) is 24.3 Å². The zero-order chi connectivity index (χ0) is 25.2. The number of fused-ring (bicyclic) bond motifs is 1. The summed E-state index contributed by atoms with van der Waals surface area (Å²) in [6.45, 7) is 0.0713. The average Bonchev–Trinajstić information content (AvgIpc) is 2.79. The van der Waals surface area contributed by atoms with E-state index in [-0.39, 0.29) is 22.9 Å². The maximum Gasteiger partial charge on any atom is 0.573 e. The maximum absolute atomic E-state index is 13.4. The third-order valence-corrected chi connectivity index (χ3v) is 6.99. The van der Waals surface area contributed by atoms with Gasteiger partial charge in [-0.3, -0.25) is 0 Å². The fourth-order valence-corrected chi connectivity index (χ4v) is 5.14. The highest BCUT2D eigenvalue weighted by Gasteiger charge is 2.38. The van der Waals surface area contributed by atoms with Gasteiger partial charge in [-0.15, -0.1) is 13.2 Å². The average molecular weight is 508 g/mol. The molecule has 1 unspecified atom stereocenters. The molecule has 8 nitrogen and oxygen atoms in total. The van der Waals surface area contributed by atoms with Crippen molar-refractivity contribution in [3.05, 3.63) is 83.9 Å². The number of hydrogen-bond acceptors (Lipinski definition) is 6. The molecule has 3 aromatic rings. The Hall–Kier alpha value is -3.77. The molecule has 35 heavy (non-hydrogen) atoms. The molecule has 1 aliphatic rings. The van der Waals surface area contributed by atoms with E-state index in [0.29, 0.717) is 12.0 Å². The van der Waals surface area contributed by atoms with E-state index in [4.69, 9.17) is 15.2 Å². The lowest BCUT2D eigenvalue weighted by molar-refractivity contribution is -0.274. The number of amides is 1. The molecule has 0 saturated carbocycles. The number of nitrogens with zero attached hydrogens (tertiary/aromatic N) is 1. The molecule has 3 aromatic carbocycles. The van der Waals surface area contributed by atoms with Gasteiger partial charge in [-0.2, -0.15) is 4.31 Å². The van der Waals surface area contributed by atoms with Crippen LogP contribution in [0.15, 0.2) is 77.7 Å². The molecular formula is C23H19F3N2O6S. The van der Waals surface area contributed by atoms with Crippen LogP contribution >= 0.6 is 0 Å². The highest BCUT2D eigenvalue weighted by atomic mass is 32.2. The molecule has 0 saturated heterocycles. The van der Waals surface area contributed by atoms with Crippen molar-refractivity contribution in [3.8, 4) is 17.2 Å². The molecule has 0 aromatic heterocycles. The monoisotopic (exact) mass is 508 g/mol. The zero-order valence-electron chi connectivity index (χ0n) is 17.9.